The van der Waals surface area contributed by atoms with Crippen molar-refractivity contribution in [3.05, 3.63) is 34.9 Å². The SMILES string of the molecule is CC(=O)OC/C=C(\C)C[C@H]1C=C(CC/C=C(\C)COC(C)=O)C(=O)O1. The maximum atomic E-state index is 11.9. The third kappa shape index (κ3) is 8.88. The van der Waals surface area contributed by atoms with Gasteiger partial charge in [0, 0.05) is 25.8 Å². The molecule has 0 bridgehead atoms. The van der Waals surface area contributed by atoms with Gasteiger partial charge in [0.25, 0.3) is 0 Å². The molecule has 0 aromatic heterocycles. The van der Waals surface area contributed by atoms with Crippen LogP contribution in [0.2, 0.25) is 0 Å². The molecule has 6 nitrogen and oxygen atoms in total. The van der Waals surface area contributed by atoms with Crippen molar-refractivity contribution < 1.29 is 28.6 Å². The number of hydrogen-bond acceptors (Lipinski definition) is 6. The number of rotatable bonds is 9. The van der Waals surface area contributed by atoms with Crippen molar-refractivity contribution in [2.75, 3.05) is 13.2 Å². The summed E-state index contributed by atoms with van der Waals surface area (Å²) in [5.41, 5.74) is 2.60. The lowest BCUT2D eigenvalue weighted by Gasteiger charge is -2.08. The lowest BCUT2D eigenvalue weighted by Crippen LogP contribution is -2.09. The van der Waals surface area contributed by atoms with Crippen LogP contribution < -0.4 is 0 Å². The molecule has 0 saturated heterocycles. The molecule has 0 aromatic rings. The van der Waals surface area contributed by atoms with Crippen LogP contribution in [0.4, 0.5) is 0 Å². The Kier molecular flexibility index (Phi) is 8.67. The van der Waals surface area contributed by atoms with E-state index in [1.165, 1.54) is 13.8 Å². The lowest BCUT2D eigenvalue weighted by molar-refractivity contribution is -0.140. The Balaban J connectivity index is 2.44. The van der Waals surface area contributed by atoms with Gasteiger partial charge in [-0.25, -0.2) is 4.79 Å². The van der Waals surface area contributed by atoms with Crippen LogP contribution in [0.25, 0.3) is 0 Å². The van der Waals surface area contributed by atoms with E-state index in [9.17, 15) is 14.4 Å². The maximum absolute atomic E-state index is 11.9. The van der Waals surface area contributed by atoms with E-state index in [-0.39, 0.29) is 37.2 Å². The molecule has 0 fully saturated rings. The molecular formula is C19H26O6. The van der Waals surface area contributed by atoms with Gasteiger partial charge in [-0.15, -0.1) is 0 Å². The zero-order valence-corrected chi connectivity index (χ0v) is 15.3. The minimum absolute atomic E-state index is 0.227. The van der Waals surface area contributed by atoms with Crippen molar-refractivity contribution in [2.45, 2.75) is 53.1 Å². The van der Waals surface area contributed by atoms with Gasteiger partial charge in [-0.1, -0.05) is 11.6 Å². The third-order valence-electron chi connectivity index (χ3n) is 3.56. The molecule has 1 aliphatic heterocycles. The average molecular weight is 350 g/mol. The molecule has 0 saturated carbocycles. The second kappa shape index (κ2) is 10.5. The number of allylic oxidation sites excluding steroid dienone is 1. The molecule has 0 spiro atoms. The highest BCUT2D eigenvalue weighted by atomic mass is 16.5. The smallest absolute Gasteiger partial charge is 0.334 e. The Hall–Kier alpha value is -2.37. The first kappa shape index (κ1) is 20.7. The topological polar surface area (TPSA) is 78.9 Å². The first-order valence-corrected chi connectivity index (χ1v) is 8.27. The number of esters is 3. The molecule has 1 atom stereocenters. The number of cyclic esters (lactones) is 1. The van der Waals surface area contributed by atoms with Crippen LogP contribution in [0, 0.1) is 0 Å². The van der Waals surface area contributed by atoms with Crippen molar-refractivity contribution in [3.8, 4) is 0 Å². The Labute approximate surface area is 148 Å². The van der Waals surface area contributed by atoms with Gasteiger partial charge in [-0.3, -0.25) is 9.59 Å². The molecule has 1 heterocycles. The average Bonchev–Trinajstić information content (AvgIpc) is 2.84. The lowest BCUT2D eigenvalue weighted by atomic mass is 10.1. The summed E-state index contributed by atoms with van der Waals surface area (Å²) in [6.45, 7) is 7.02. The van der Waals surface area contributed by atoms with Gasteiger partial charge in [0.1, 0.15) is 19.3 Å². The van der Waals surface area contributed by atoms with E-state index >= 15 is 0 Å². The maximum Gasteiger partial charge on any atom is 0.334 e. The van der Waals surface area contributed by atoms with Crippen molar-refractivity contribution in [2.24, 2.45) is 0 Å². The molecule has 0 N–H and O–H groups in total. The molecule has 0 radical (unpaired) electrons. The molecule has 1 aliphatic rings. The summed E-state index contributed by atoms with van der Waals surface area (Å²) in [6.07, 6.45) is 7.18. The predicted molar refractivity (Wildman–Crippen MR) is 92.6 cm³/mol. The van der Waals surface area contributed by atoms with E-state index < -0.39 is 0 Å². The molecule has 0 aliphatic carbocycles. The van der Waals surface area contributed by atoms with Crippen molar-refractivity contribution in [1.82, 2.24) is 0 Å². The second-order valence-electron chi connectivity index (χ2n) is 6.06. The van der Waals surface area contributed by atoms with Crippen molar-refractivity contribution >= 4 is 17.9 Å². The third-order valence-corrected chi connectivity index (χ3v) is 3.56. The Morgan fingerprint density at radius 1 is 1.08 bits per heavy atom. The number of hydrogen-bond donors (Lipinski definition) is 0. The molecule has 25 heavy (non-hydrogen) atoms. The summed E-state index contributed by atoms with van der Waals surface area (Å²) in [5.74, 6) is -0.922. The Morgan fingerprint density at radius 2 is 1.76 bits per heavy atom. The van der Waals surface area contributed by atoms with Gasteiger partial charge in [0.15, 0.2) is 0 Å². The minimum atomic E-state index is -0.324. The fourth-order valence-corrected chi connectivity index (χ4v) is 2.28. The highest BCUT2D eigenvalue weighted by molar-refractivity contribution is 5.90. The summed E-state index contributed by atoms with van der Waals surface area (Å²) in [5, 5.41) is 0. The number of carbonyl (C=O) groups is 3. The van der Waals surface area contributed by atoms with Crippen molar-refractivity contribution in [1.29, 1.82) is 0 Å². The van der Waals surface area contributed by atoms with Crippen LogP contribution in [0.15, 0.2) is 34.9 Å². The standard InChI is InChI=1S/C19H26O6/c1-13(8-9-23-15(3)20)10-18-11-17(19(22)25-18)7-5-6-14(2)12-24-16(4)21/h6,8,11,18H,5,7,9-10,12H2,1-4H3/b13-8+,14-6+/t18-/m0/s1. The minimum Gasteiger partial charge on any atom is -0.462 e. The largest absolute Gasteiger partial charge is 0.462 e. The highest BCUT2D eigenvalue weighted by Gasteiger charge is 2.24. The van der Waals surface area contributed by atoms with Crippen LogP contribution in [0.5, 0.6) is 0 Å². The van der Waals surface area contributed by atoms with E-state index in [4.69, 9.17) is 14.2 Å². The summed E-state index contributed by atoms with van der Waals surface area (Å²) in [4.78, 5) is 33.4. The first-order valence-electron chi connectivity index (χ1n) is 8.27. The van der Waals surface area contributed by atoms with Gasteiger partial charge in [0.2, 0.25) is 0 Å². The van der Waals surface area contributed by atoms with Crippen LogP contribution >= 0.6 is 0 Å². The molecule has 0 unspecified atom stereocenters. The monoisotopic (exact) mass is 350 g/mol. The molecule has 0 amide bonds. The second-order valence-corrected chi connectivity index (χ2v) is 6.06. The van der Waals surface area contributed by atoms with E-state index in [1.54, 1.807) is 0 Å². The van der Waals surface area contributed by atoms with E-state index in [0.717, 1.165) is 11.1 Å². The fraction of sp³-hybridized carbons (Fsp3) is 0.526. The van der Waals surface area contributed by atoms with E-state index in [0.29, 0.717) is 24.8 Å². The predicted octanol–water partition coefficient (Wildman–Crippen LogP) is 3.03. The van der Waals surface area contributed by atoms with Gasteiger partial charge >= 0.3 is 17.9 Å². The first-order chi connectivity index (χ1) is 11.8. The fourth-order valence-electron chi connectivity index (χ4n) is 2.28. The molecule has 0 aromatic carbocycles. The number of ether oxygens (including phenoxy) is 3. The molecule has 6 heteroatoms. The molecule has 138 valence electrons. The van der Waals surface area contributed by atoms with Gasteiger partial charge in [-0.2, -0.15) is 0 Å². The summed E-state index contributed by atoms with van der Waals surface area (Å²) in [6, 6.07) is 0. The van der Waals surface area contributed by atoms with Crippen LogP contribution in [-0.2, 0) is 28.6 Å². The van der Waals surface area contributed by atoms with Gasteiger partial charge < -0.3 is 14.2 Å². The number of carbonyl (C=O) groups excluding carboxylic acids is 3. The summed E-state index contributed by atoms with van der Waals surface area (Å²) < 4.78 is 15.1. The molecular weight excluding hydrogens is 324 g/mol. The summed E-state index contributed by atoms with van der Waals surface area (Å²) in [7, 11) is 0. The van der Waals surface area contributed by atoms with E-state index in [2.05, 4.69) is 0 Å². The van der Waals surface area contributed by atoms with Crippen molar-refractivity contribution in [3.63, 3.8) is 0 Å². The van der Waals surface area contributed by atoms with Gasteiger partial charge in [-0.05, 0) is 44.4 Å². The normalized spacial score (nSPS) is 17.8. The van der Waals surface area contributed by atoms with Crippen LogP contribution in [0.3, 0.4) is 0 Å². The van der Waals surface area contributed by atoms with Crippen LogP contribution in [0.1, 0.15) is 47.0 Å². The zero-order chi connectivity index (χ0) is 18.8. The van der Waals surface area contributed by atoms with E-state index in [1.807, 2.05) is 32.1 Å². The zero-order valence-electron chi connectivity index (χ0n) is 15.3. The van der Waals surface area contributed by atoms with Crippen LogP contribution in [-0.4, -0.2) is 37.2 Å². The van der Waals surface area contributed by atoms with Gasteiger partial charge in [0.05, 0.1) is 0 Å². The molecule has 1 rings (SSSR count). The summed E-state index contributed by atoms with van der Waals surface area (Å²) >= 11 is 0. The Bertz CT molecular complexity index is 597. The highest BCUT2D eigenvalue weighted by Crippen LogP contribution is 2.23. The Morgan fingerprint density at radius 3 is 2.40 bits per heavy atom. The quantitative estimate of drug-likeness (QED) is 0.361.